The second-order valence-corrected chi connectivity index (χ2v) is 5.03. The third-order valence-corrected chi connectivity index (χ3v) is 3.78. The Labute approximate surface area is 110 Å². The van der Waals surface area contributed by atoms with E-state index in [0.717, 1.165) is 24.2 Å². The summed E-state index contributed by atoms with van der Waals surface area (Å²) in [6, 6.07) is 6.98. The minimum Gasteiger partial charge on any atom is -0.337 e. The average molecular weight is 264 g/mol. The van der Waals surface area contributed by atoms with E-state index in [0.29, 0.717) is 16.8 Å². The summed E-state index contributed by atoms with van der Waals surface area (Å²) in [7, 11) is 0. The highest BCUT2D eigenvalue weighted by Gasteiger charge is 2.26. The molecule has 1 saturated carbocycles. The van der Waals surface area contributed by atoms with Crippen molar-refractivity contribution in [1.82, 2.24) is 10.1 Å². The summed E-state index contributed by atoms with van der Waals surface area (Å²) in [6.07, 6.45) is 3.52. The molecule has 0 saturated heterocycles. The standard InChI is InChI=1S/C13H14ClN3O/c14-10-7-2-1-6-9(10)11(15)13-16-12(17-18-13)8-4-3-5-8/h1-2,6-8,11H,3-5,15H2/t11-/m1/s1. The lowest BCUT2D eigenvalue weighted by atomic mass is 9.85. The van der Waals surface area contributed by atoms with Crippen LogP contribution in [0.1, 0.15) is 48.5 Å². The number of hydrogen-bond acceptors (Lipinski definition) is 4. The van der Waals surface area contributed by atoms with Crippen molar-refractivity contribution in [2.75, 3.05) is 0 Å². The van der Waals surface area contributed by atoms with Crippen LogP contribution in [-0.2, 0) is 0 Å². The largest absolute Gasteiger partial charge is 0.337 e. The highest BCUT2D eigenvalue weighted by molar-refractivity contribution is 6.31. The van der Waals surface area contributed by atoms with E-state index in [9.17, 15) is 0 Å². The summed E-state index contributed by atoms with van der Waals surface area (Å²) >= 11 is 6.11. The van der Waals surface area contributed by atoms with Gasteiger partial charge in [0.1, 0.15) is 6.04 Å². The van der Waals surface area contributed by atoms with Crippen LogP contribution in [0.4, 0.5) is 0 Å². The zero-order chi connectivity index (χ0) is 12.5. The van der Waals surface area contributed by atoms with Gasteiger partial charge >= 0.3 is 0 Å². The van der Waals surface area contributed by atoms with Crippen LogP contribution < -0.4 is 5.73 Å². The number of halogens is 1. The maximum atomic E-state index is 6.11. The fourth-order valence-corrected chi connectivity index (χ4v) is 2.32. The first kappa shape index (κ1) is 11.7. The van der Waals surface area contributed by atoms with Gasteiger partial charge in [-0.1, -0.05) is 41.4 Å². The van der Waals surface area contributed by atoms with E-state index >= 15 is 0 Å². The minimum atomic E-state index is -0.458. The number of nitrogens with two attached hydrogens (primary N) is 1. The molecule has 0 bridgehead atoms. The highest BCUT2D eigenvalue weighted by atomic mass is 35.5. The van der Waals surface area contributed by atoms with Crippen molar-refractivity contribution >= 4 is 11.6 Å². The lowest BCUT2D eigenvalue weighted by molar-refractivity contribution is 0.341. The normalized spacial score (nSPS) is 17.4. The topological polar surface area (TPSA) is 64.9 Å². The van der Waals surface area contributed by atoms with Crippen LogP contribution in [0.25, 0.3) is 0 Å². The summed E-state index contributed by atoms with van der Waals surface area (Å²) in [5.74, 6) is 1.66. The van der Waals surface area contributed by atoms with Crippen LogP contribution in [0.5, 0.6) is 0 Å². The van der Waals surface area contributed by atoms with Crippen LogP contribution in [0.2, 0.25) is 5.02 Å². The molecule has 1 heterocycles. The molecule has 1 fully saturated rings. The molecule has 0 spiro atoms. The molecule has 0 amide bonds. The van der Waals surface area contributed by atoms with Gasteiger partial charge in [0.25, 0.3) is 0 Å². The molecule has 5 heteroatoms. The Kier molecular flexibility index (Phi) is 3.06. The zero-order valence-electron chi connectivity index (χ0n) is 9.84. The van der Waals surface area contributed by atoms with Crippen molar-refractivity contribution in [3.05, 3.63) is 46.6 Å². The third-order valence-electron chi connectivity index (χ3n) is 3.43. The quantitative estimate of drug-likeness (QED) is 0.924. The first-order valence-corrected chi connectivity index (χ1v) is 6.47. The monoisotopic (exact) mass is 263 g/mol. The molecule has 0 unspecified atom stereocenters. The van der Waals surface area contributed by atoms with E-state index in [2.05, 4.69) is 10.1 Å². The third kappa shape index (κ3) is 2.02. The Bertz CT molecular complexity index is 551. The fraction of sp³-hybridized carbons (Fsp3) is 0.385. The van der Waals surface area contributed by atoms with Crippen molar-refractivity contribution in [1.29, 1.82) is 0 Å². The molecule has 18 heavy (non-hydrogen) atoms. The minimum absolute atomic E-state index is 0.435. The second kappa shape index (κ2) is 4.71. The van der Waals surface area contributed by atoms with Crippen LogP contribution in [0, 0.1) is 0 Å². The predicted octanol–water partition coefficient (Wildman–Crippen LogP) is 3.04. The zero-order valence-corrected chi connectivity index (χ0v) is 10.6. The molecule has 94 valence electrons. The van der Waals surface area contributed by atoms with Crippen molar-refractivity contribution in [2.45, 2.75) is 31.2 Å². The highest BCUT2D eigenvalue weighted by Crippen LogP contribution is 2.35. The summed E-state index contributed by atoms with van der Waals surface area (Å²) in [5.41, 5.74) is 6.92. The van der Waals surface area contributed by atoms with Gasteiger partial charge in [-0.3, -0.25) is 0 Å². The van der Waals surface area contributed by atoms with E-state index in [1.54, 1.807) is 6.07 Å². The molecule has 1 aromatic carbocycles. The van der Waals surface area contributed by atoms with Gasteiger partial charge in [0, 0.05) is 10.9 Å². The summed E-state index contributed by atoms with van der Waals surface area (Å²) < 4.78 is 5.25. The maximum absolute atomic E-state index is 6.11. The van der Waals surface area contributed by atoms with Crippen LogP contribution in [0.15, 0.2) is 28.8 Å². The van der Waals surface area contributed by atoms with Gasteiger partial charge < -0.3 is 10.3 Å². The van der Waals surface area contributed by atoms with Gasteiger partial charge in [0.2, 0.25) is 5.89 Å². The van der Waals surface area contributed by atoms with E-state index in [1.165, 1.54) is 6.42 Å². The van der Waals surface area contributed by atoms with Gasteiger partial charge in [-0.25, -0.2) is 0 Å². The van der Waals surface area contributed by atoms with Gasteiger partial charge in [-0.15, -0.1) is 0 Å². The van der Waals surface area contributed by atoms with Gasteiger partial charge in [0.15, 0.2) is 5.82 Å². The van der Waals surface area contributed by atoms with Gasteiger partial charge in [0.05, 0.1) is 0 Å². The Morgan fingerprint density at radius 1 is 1.33 bits per heavy atom. The Balaban J connectivity index is 1.85. The molecule has 1 aromatic heterocycles. The Morgan fingerprint density at radius 3 is 2.78 bits per heavy atom. The van der Waals surface area contributed by atoms with Gasteiger partial charge in [-0.05, 0) is 24.5 Å². The lowest BCUT2D eigenvalue weighted by Gasteiger charge is -2.21. The second-order valence-electron chi connectivity index (χ2n) is 4.62. The summed E-state index contributed by atoms with van der Waals surface area (Å²) in [6.45, 7) is 0. The molecule has 1 aliphatic rings. The van der Waals surface area contributed by atoms with Crippen LogP contribution >= 0.6 is 11.6 Å². The predicted molar refractivity (Wildman–Crippen MR) is 68.4 cm³/mol. The maximum Gasteiger partial charge on any atom is 0.248 e. The molecule has 3 rings (SSSR count). The smallest absolute Gasteiger partial charge is 0.248 e. The number of benzene rings is 1. The van der Waals surface area contributed by atoms with Crippen LogP contribution in [0.3, 0.4) is 0 Å². The van der Waals surface area contributed by atoms with E-state index < -0.39 is 6.04 Å². The fourth-order valence-electron chi connectivity index (χ4n) is 2.07. The van der Waals surface area contributed by atoms with E-state index in [-0.39, 0.29) is 0 Å². The number of aromatic nitrogens is 2. The van der Waals surface area contributed by atoms with Crippen molar-refractivity contribution in [2.24, 2.45) is 5.73 Å². The summed E-state index contributed by atoms with van der Waals surface area (Å²) in [4.78, 5) is 4.39. The van der Waals surface area contributed by atoms with E-state index in [1.807, 2.05) is 18.2 Å². The first-order valence-electron chi connectivity index (χ1n) is 6.09. The number of nitrogens with zero attached hydrogens (tertiary/aromatic N) is 2. The SMILES string of the molecule is N[C@@H](c1nc(C2CCC2)no1)c1ccccc1Cl. The number of hydrogen-bond donors (Lipinski definition) is 1. The molecule has 1 atom stereocenters. The molecule has 0 aliphatic heterocycles. The molecule has 2 N–H and O–H groups in total. The molecular formula is C13H14ClN3O. The van der Waals surface area contributed by atoms with Crippen LogP contribution in [-0.4, -0.2) is 10.1 Å². The van der Waals surface area contributed by atoms with Crippen molar-refractivity contribution in [3.8, 4) is 0 Å². The Hall–Kier alpha value is -1.39. The molecule has 1 aliphatic carbocycles. The molecule has 2 aromatic rings. The first-order chi connectivity index (χ1) is 8.75. The number of rotatable bonds is 3. The summed E-state index contributed by atoms with van der Waals surface area (Å²) in [5, 5.41) is 4.62. The molecule has 0 radical (unpaired) electrons. The van der Waals surface area contributed by atoms with Crippen molar-refractivity contribution in [3.63, 3.8) is 0 Å². The van der Waals surface area contributed by atoms with Crippen molar-refractivity contribution < 1.29 is 4.52 Å². The molecule has 4 nitrogen and oxygen atoms in total. The lowest BCUT2D eigenvalue weighted by Crippen LogP contribution is -2.14. The van der Waals surface area contributed by atoms with E-state index in [4.69, 9.17) is 21.9 Å². The Morgan fingerprint density at radius 2 is 2.11 bits per heavy atom. The average Bonchev–Trinajstić information content (AvgIpc) is 2.76. The van der Waals surface area contributed by atoms with Gasteiger partial charge in [-0.2, -0.15) is 4.98 Å². The molecular weight excluding hydrogens is 250 g/mol.